The first-order valence-electron chi connectivity index (χ1n) is 6.61. The van der Waals surface area contributed by atoms with E-state index in [0.717, 1.165) is 27.1 Å². The molecule has 21 heavy (non-hydrogen) atoms. The third-order valence-electron chi connectivity index (χ3n) is 3.39. The molecule has 0 saturated carbocycles. The zero-order valence-corrected chi connectivity index (χ0v) is 13.7. The molecule has 112 valence electrons. The zero-order valence-electron chi connectivity index (χ0n) is 12.1. The van der Waals surface area contributed by atoms with Gasteiger partial charge < -0.3 is 9.47 Å². The number of hydrogen-bond donors (Lipinski definition) is 2. The average molecular weight is 351 g/mol. The largest absolute Gasteiger partial charge is 0.497 e. The third kappa shape index (κ3) is 3.75. The molecule has 2 aromatic carbocycles. The SMILES string of the molecule is COc1ccc(Br)c(CC(NN)c2ccccc2OC)c1. The summed E-state index contributed by atoms with van der Waals surface area (Å²) in [5.74, 6) is 7.39. The normalized spacial score (nSPS) is 12.0. The first-order valence-corrected chi connectivity index (χ1v) is 7.40. The van der Waals surface area contributed by atoms with Gasteiger partial charge in [-0.25, -0.2) is 0 Å². The molecule has 2 aromatic rings. The Morgan fingerprint density at radius 1 is 1.14 bits per heavy atom. The Morgan fingerprint density at radius 2 is 1.90 bits per heavy atom. The smallest absolute Gasteiger partial charge is 0.123 e. The molecular weight excluding hydrogens is 332 g/mol. The average Bonchev–Trinajstić information content (AvgIpc) is 2.54. The maximum Gasteiger partial charge on any atom is 0.123 e. The number of hydrogen-bond acceptors (Lipinski definition) is 4. The maximum absolute atomic E-state index is 5.74. The lowest BCUT2D eigenvalue weighted by Crippen LogP contribution is -2.30. The summed E-state index contributed by atoms with van der Waals surface area (Å²) in [6, 6.07) is 13.7. The van der Waals surface area contributed by atoms with Crippen LogP contribution in [0.5, 0.6) is 11.5 Å². The van der Waals surface area contributed by atoms with Crippen molar-refractivity contribution in [2.24, 2.45) is 5.84 Å². The quantitative estimate of drug-likeness (QED) is 0.620. The molecule has 5 heteroatoms. The lowest BCUT2D eigenvalue weighted by molar-refractivity contribution is 0.398. The lowest BCUT2D eigenvalue weighted by atomic mass is 9.98. The molecule has 0 aliphatic carbocycles. The minimum atomic E-state index is -0.0513. The molecule has 0 aliphatic heterocycles. The highest BCUT2D eigenvalue weighted by atomic mass is 79.9. The standard InChI is InChI=1S/C16H19BrN2O2/c1-20-12-7-8-14(17)11(9-12)10-15(19-18)13-5-3-4-6-16(13)21-2/h3-9,15,19H,10,18H2,1-2H3. The molecule has 2 rings (SSSR count). The Bertz CT molecular complexity index is 605. The van der Waals surface area contributed by atoms with Gasteiger partial charge in [-0.05, 0) is 36.2 Å². The molecule has 0 bridgehead atoms. The number of nitrogens with two attached hydrogens (primary N) is 1. The molecule has 0 radical (unpaired) electrons. The summed E-state index contributed by atoms with van der Waals surface area (Å²) in [5.41, 5.74) is 5.00. The van der Waals surface area contributed by atoms with Crippen LogP contribution >= 0.6 is 15.9 Å². The van der Waals surface area contributed by atoms with Crippen LogP contribution < -0.4 is 20.7 Å². The van der Waals surface area contributed by atoms with Crippen molar-refractivity contribution in [3.05, 3.63) is 58.1 Å². The van der Waals surface area contributed by atoms with E-state index in [1.54, 1.807) is 14.2 Å². The molecule has 3 N–H and O–H groups in total. The molecule has 0 amide bonds. The third-order valence-corrected chi connectivity index (χ3v) is 4.17. The fraction of sp³-hybridized carbons (Fsp3) is 0.250. The van der Waals surface area contributed by atoms with Gasteiger partial charge in [0, 0.05) is 10.0 Å². The second-order valence-electron chi connectivity index (χ2n) is 4.62. The second kappa shape index (κ2) is 7.45. The highest BCUT2D eigenvalue weighted by Gasteiger charge is 2.16. The lowest BCUT2D eigenvalue weighted by Gasteiger charge is -2.20. The van der Waals surface area contributed by atoms with E-state index in [9.17, 15) is 0 Å². The minimum absolute atomic E-state index is 0.0513. The van der Waals surface area contributed by atoms with Gasteiger partial charge in [0.15, 0.2) is 0 Å². The van der Waals surface area contributed by atoms with Gasteiger partial charge >= 0.3 is 0 Å². The number of halogens is 1. The highest BCUT2D eigenvalue weighted by Crippen LogP contribution is 2.30. The van der Waals surface area contributed by atoms with E-state index in [-0.39, 0.29) is 6.04 Å². The van der Waals surface area contributed by atoms with Crippen LogP contribution in [0, 0.1) is 0 Å². The summed E-state index contributed by atoms with van der Waals surface area (Å²) in [6.45, 7) is 0. The summed E-state index contributed by atoms with van der Waals surface area (Å²) >= 11 is 3.57. The van der Waals surface area contributed by atoms with E-state index in [1.807, 2.05) is 42.5 Å². The van der Waals surface area contributed by atoms with Gasteiger partial charge in [0.25, 0.3) is 0 Å². The fourth-order valence-electron chi connectivity index (χ4n) is 2.27. The Morgan fingerprint density at radius 3 is 2.57 bits per heavy atom. The fourth-order valence-corrected chi connectivity index (χ4v) is 2.68. The number of rotatable bonds is 6. The first-order chi connectivity index (χ1) is 10.2. The highest BCUT2D eigenvalue weighted by molar-refractivity contribution is 9.10. The van der Waals surface area contributed by atoms with Crippen LogP contribution in [0.4, 0.5) is 0 Å². The van der Waals surface area contributed by atoms with Crippen LogP contribution in [0.15, 0.2) is 46.9 Å². The predicted molar refractivity (Wildman–Crippen MR) is 87.5 cm³/mol. The molecule has 0 spiro atoms. The molecule has 0 heterocycles. The molecule has 0 aromatic heterocycles. The van der Waals surface area contributed by atoms with Gasteiger partial charge in [-0.1, -0.05) is 34.1 Å². The van der Waals surface area contributed by atoms with Gasteiger partial charge in [-0.2, -0.15) is 0 Å². The number of methoxy groups -OCH3 is 2. The zero-order chi connectivity index (χ0) is 15.2. The monoisotopic (exact) mass is 350 g/mol. The van der Waals surface area contributed by atoms with Crippen molar-refractivity contribution in [2.45, 2.75) is 12.5 Å². The number of ether oxygens (including phenoxy) is 2. The van der Waals surface area contributed by atoms with Gasteiger partial charge in [-0.3, -0.25) is 11.3 Å². The van der Waals surface area contributed by atoms with Crippen molar-refractivity contribution in [2.75, 3.05) is 14.2 Å². The van der Waals surface area contributed by atoms with E-state index in [4.69, 9.17) is 15.3 Å². The molecule has 0 fully saturated rings. The molecule has 0 saturated heterocycles. The van der Waals surface area contributed by atoms with Crippen molar-refractivity contribution < 1.29 is 9.47 Å². The summed E-state index contributed by atoms with van der Waals surface area (Å²) in [6.07, 6.45) is 0.717. The van der Waals surface area contributed by atoms with Gasteiger partial charge in [0.2, 0.25) is 0 Å². The summed E-state index contributed by atoms with van der Waals surface area (Å²) < 4.78 is 11.7. The van der Waals surface area contributed by atoms with Gasteiger partial charge in [0.1, 0.15) is 11.5 Å². The van der Waals surface area contributed by atoms with Crippen molar-refractivity contribution in [1.82, 2.24) is 5.43 Å². The van der Waals surface area contributed by atoms with Crippen LogP contribution in [-0.4, -0.2) is 14.2 Å². The molecule has 1 atom stereocenters. The van der Waals surface area contributed by atoms with E-state index < -0.39 is 0 Å². The molecule has 0 aliphatic rings. The van der Waals surface area contributed by atoms with Crippen molar-refractivity contribution >= 4 is 15.9 Å². The van der Waals surface area contributed by atoms with Crippen LogP contribution in [0.3, 0.4) is 0 Å². The Kier molecular flexibility index (Phi) is 5.61. The summed E-state index contributed by atoms with van der Waals surface area (Å²) in [7, 11) is 3.32. The Balaban J connectivity index is 2.31. The Labute approximate surface area is 133 Å². The van der Waals surface area contributed by atoms with E-state index in [1.165, 1.54) is 0 Å². The van der Waals surface area contributed by atoms with Crippen LogP contribution in [0.25, 0.3) is 0 Å². The number of nitrogens with one attached hydrogen (secondary N) is 1. The van der Waals surface area contributed by atoms with Crippen LogP contribution in [0.1, 0.15) is 17.2 Å². The second-order valence-corrected chi connectivity index (χ2v) is 5.48. The predicted octanol–water partition coefficient (Wildman–Crippen LogP) is 3.21. The summed E-state index contributed by atoms with van der Waals surface area (Å²) in [5, 5.41) is 0. The Hall–Kier alpha value is -1.56. The van der Waals surface area contributed by atoms with E-state index in [2.05, 4.69) is 21.4 Å². The van der Waals surface area contributed by atoms with Crippen molar-refractivity contribution in [1.29, 1.82) is 0 Å². The number of para-hydroxylation sites is 1. The minimum Gasteiger partial charge on any atom is -0.497 e. The molecular formula is C16H19BrN2O2. The van der Waals surface area contributed by atoms with E-state index in [0.29, 0.717) is 6.42 Å². The number of benzene rings is 2. The topological polar surface area (TPSA) is 56.5 Å². The first kappa shape index (κ1) is 15.8. The van der Waals surface area contributed by atoms with Crippen molar-refractivity contribution in [3.8, 4) is 11.5 Å². The van der Waals surface area contributed by atoms with Crippen LogP contribution in [0.2, 0.25) is 0 Å². The molecule has 1 unspecified atom stereocenters. The molecule has 4 nitrogen and oxygen atoms in total. The van der Waals surface area contributed by atoms with Crippen LogP contribution in [-0.2, 0) is 6.42 Å². The number of hydrazine groups is 1. The van der Waals surface area contributed by atoms with Crippen molar-refractivity contribution in [3.63, 3.8) is 0 Å². The van der Waals surface area contributed by atoms with Gasteiger partial charge in [0.05, 0.1) is 20.3 Å². The van der Waals surface area contributed by atoms with Gasteiger partial charge in [-0.15, -0.1) is 0 Å². The maximum atomic E-state index is 5.74. The summed E-state index contributed by atoms with van der Waals surface area (Å²) in [4.78, 5) is 0. The van der Waals surface area contributed by atoms with E-state index >= 15 is 0 Å².